The van der Waals surface area contributed by atoms with Gasteiger partial charge in [0.1, 0.15) is 10.8 Å². The SMILES string of the molecule is CSCCCCCNc1snc(N)c1-c1ccncc1. The molecule has 0 atom stereocenters. The molecule has 2 heterocycles. The molecule has 0 saturated heterocycles. The molecule has 0 aromatic carbocycles. The van der Waals surface area contributed by atoms with Crippen LogP contribution in [0.25, 0.3) is 11.1 Å². The van der Waals surface area contributed by atoms with Crippen molar-refractivity contribution in [3.8, 4) is 11.1 Å². The first kappa shape index (κ1) is 15.1. The normalized spacial score (nSPS) is 10.7. The Balaban J connectivity index is 1.93. The van der Waals surface area contributed by atoms with Gasteiger partial charge >= 0.3 is 0 Å². The molecule has 0 bridgehead atoms. The molecular formula is C14H20N4S2. The lowest BCUT2D eigenvalue weighted by Gasteiger charge is -2.07. The molecule has 0 aliphatic carbocycles. The number of aromatic nitrogens is 2. The fourth-order valence-electron chi connectivity index (χ4n) is 1.97. The Labute approximate surface area is 128 Å². The lowest BCUT2D eigenvalue weighted by Crippen LogP contribution is -2.01. The molecule has 0 amide bonds. The molecule has 2 rings (SSSR count). The quantitative estimate of drug-likeness (QED) is 0.727. The predicted octanol–water partition coefficient (Wildman–Crippen LogP) is 3.73. The van der Waals surface area contributed by atoms with Crippen molar-refractivity contribution >= 4 is 34.1 Å². The highest BCUT2D eigenvalue weighted by Gasteiger charge is 2.12. The molecule has 0 radical (unpaired) electrons. The van der Waals surface area contributed by atoms with Crippen molar-refractivity contribution < 1.29 is 0 Å². The van der Waals surface area contributed by atoms with Crippen LogP contribution in [0.2, 0.25) is 0 Å². The van der Waals surface area contributed by atoms with E-state index >= 15 is 0 Å². The van der Waals surface area contributed by atoms with Crippen molar-refractivity contribution in [2.24, 2.45) is 0 Å². The minimum atomic E-state index is 0.589. The molecule has 0 saturated carbocycles. The van der Waals surface area contributed by atoms with Crippen LogP contribution in [0.5, 0.6) is 0 Å². The van der Waals surface area contributed by atoms with Crippen LogP contribution in [0, 0.1) is 0 Å². The van der Waals surface area contributed by atoms with E-state index in [1.54, 1.807) is 12.4 Å². The molecule has 2 aromatic rings. The summed E-state index contributed by atoms with van der Waals surface area (Å²) >= 11 is 3.34. The van der Waals surface area contributed by atoms with Gasteiger partial charge in [-0.2, -0.15) is 16.1 Å². The molecule has 3 N–H and O–H groups in total. The van der Waals surface area contributed by atoms with E-state index in [0.29, 0.717) is 5.82 Å². The van der Waals surface area contributed by atoms with Crippen LogP contribution in [-0.2, 0) is 0 Å². The monoisotopic (exact) mass is 308 g/mol. The average Bonchev–Trinajstić information content (AvgIpc) is 2.84. The molecule has 0 fully saturated rings. The van der Waals surface area contributed by atoms with Crippen LogP contribution in [-0.4, -0.2) is 27.9 Å². The molecule has 0 spiro atoms. The number of nitrogens with two attached hydrogens (primary N) is 1. The van der Waals surface area contributed by atoms with Crippen molar-refractivity contribution in [3.63, 3.8) is 0 Å². The number of pyridine rings is 1. The standard InChI is InChI=1S/C14H20N4S2/c1-19-10-4-2-3-7-17-14-12(13(15)18-20-14)11-5-8-16-9-6-11/h5-6,8-9,17H,2-4,7,10H2,1H3,(H2,15,18). The second-order valence-electron chi connectivity index (χ2n) is 4.49. The first-order valence-corrected chi connectivity index (χ1v) is 8.88. The average molecular weight is 308 g/mol. The maximum Gasteiger partial charge on any atom is 0.147 e. The number of hydrogen-bond acceptors (Lipinski definition) is 6. The van der Waals surface area contributed by atoms with Gasteiger partial charge < -0.3 is 11.1 Å². The van der Waals surface area contributed by atoms with E-state index in [1.807, 2.05) is 23.9 Å². The van der Waals surface area contributed by atoms with Gasteiger partial charge in [0, 0.05) is 18.9 Å². The highest BCUT2D eigenvalue weighted by atomic mass is 32.2. The second-order valence-corrected chi connectivity index (χ2v) is 6.25. The van der Waals surface area contributed by atoms with Crippen LogP contribution in [0.15, 0.2) is 24.5 Å². The Morgan fingerprint density at radius 2 is 2.05 bits per heavy atom. The number of anilines is 2. The fraction of sp³-hybridized carbons (Fsp3) is 0.429. The van der Waals surface area contributed by atoms with E-state index in [9.17, 15) is 0 Å². The maximum atomic E-state index is 5.98. The lowest BCUT2D eigenvalue weighted by molar-refractivity contribution is 0.750. The van der Waals surface area contributed by atoms with E-state index < -0.39 is 0 Å². The van der Waals surface area contributed by atoms with Gasteiger partial charge in [-0.05, 0) is 54.1 Å². The highest BCUT2D eigenvalue weighted by molar-refractivity contribution is 7.98. The van der Waals surface area contributed by atoms with Crippen LogP contribution in [0.1, 0.15) is 19.3 Å². The zero-order valence-corrected chi connectivity index (χ0v) is 13.3. The maximum absolute atomic E-state index is 5.98. The molecule has 20 heavy (non-hydrogen) atoms. The topological polar surface area (TPSA) is 63.8 Å². The molecule has 0 aliphatic heterocycles. The molecule has 0 unspecified atom stereocenters. The summed E-state index contributed by atoms with van der Waals surface area (Å²) in [6, 6.07) is 3.92. The van der Waals surface area contributed by atoms with Gasteiger partial charge in [-0.3, -0.25) is 4.98 Å². The molecule has 4 nitrogen and oxygen atoms in total. The Hall–Kier alpha value is -1.27. The Kier molecular flexibility index (Phi) is 6.14. The minimum absolute atomic E-state index is 0.589. The molecular weight excluding hydrogens is 288 g/mol. The van der Waals surface area contributed by atoms with Crippen LogP contribution < -0.4 is 11.1 Å². The Morgan fingerprint density at radius 1 is 1.25 bits per heavy atom. The van der Waals surface area contributed by atoms with E-state index in [2.05, 4.69) is 20.9 Å². The van der Waals surface area contributed by atoms with Gasteiger partial charge in [-0.1, -0.05) is 6.42 Å². The predicted molar refractivity (Wildman–Crippen MR) is 90.5 cm³/mol. The number of rotatable bonds is 8. The highest BCUT2D eigenvalue weighted by Crippen LogP contribution is 2.36. The van der Waals surface area contributed by atoms with Crippen molar-refractivity contribution in [1.29, 1.82) is 0 Å². The van der Waals surface area contributed by atoms with Crippen LogP contribution in [0.4, 0.5) is 10.8 Å². The second kappa shape index (κ2) is 8.11. The van der Waals surface area contributed by atoms with Crippen molar-refractivity contribution in [3.05, 3.63) is 24.5 Å². The van der Waals surface area contributed by atoms with Crippen LogP contribution >= 0.6 is 23.3 Å². The third kappa shape index (κ3) is 4.11. The van der Waals surface area contributed by atoms with Crippen LogP contribution in [0.3, 0.4) is 0 Å². The minimum Gasteiger partial charge on any atom is -0.382 e. The number of unbranched alkanes of at least 4 members (excludes halogenated alkanes) is 2. The van der Waals surface area contributed by atoms with E-state index in [0.717, 1.165) is 22.7 Å². The number of nitrogens with one attached hydrogen (secondary N) is 1. The van der Waals surface area contributed by atoms with Crippen molar-refractivity contribution in [2.45, 2.75) is 19.3 Å². The summed E-state index contributed by atoms with van der Waals surface area (Å²) in [5.74, 6) is 1.83. The molecule has 108 valence electrons. The molecule has 2 aromatic heterocycles. The third-order valence-electron chi connectivity index (χ3n) is 3.00. The molecule has 6 heteroatoms. The van der Waals surface area contributed by atoms with Gasteiger partial charge in [0.25, 0.3) is 0 Å². The number of nitrogen functional groups attached to an aromatic ring is 1. The summed E-state index contributed by atoms with van der Waals surface area (Å²) in [7, 11) is 0. The summed E-state index contributed by atoms with van der Waals surface area (Å²) in [6.45, 7) is 0.966. The number of thioether (sulfide) groups is 1. The van der Waals surface area contributed by atoms with E-state index in [4.69, 9.17) is 5.73 Å². The first-order valence-electron chi connectivity index (χ1n) is 6.71. The van der Waals surface area contributed by atoms with Gasteiger partial charge in [0.2, 0.25) is 0 Å². The summed E-state index contributed by atoms with van der Waals surface area (Å²) < 4.78 is 4.25. The van der Waals surface area contributed by atoms with Gasteiger partial charge in [0.15, 0.2) is 0 Å². The largest absolute Gasteiger partial charge is 0.382 e. The van der Waals surface area contributed by atoms with Gasteiger partial charge in [-0.25, -0.2) is 0 Å². The van der Waals surface area contributed by atoms with E-state index in [-0.39, 0.29) is 0 Å². The van der Waals surface area contributed by atoms with E-state index in [1.165, 1.54) is 36.5 Å². The first-order chi connectivity index (χ1) is 9.83. The third-order valence-corrected chi connectivity index (χ3v) is 4.51. The fourth-order valence-corrected chi connectivity index (χ4v) is 3.22. The number of nitrogens with zero attached hydrogens (tertiary/aromatic N) is 2. The summed E-state index contributed by atoms with van der Waals surface area (Å²) in [5, 5.41) is 4.51. The smallest absolute Gasteiger partial charge is 0.147 e. The summed E-state index contributed by atoms with van der Waals surface area (Å²) in [6.07, 6.45) is 9.42. The van der Waals surface area contributed by atoms with Crippen molar-refractivity contribution in [1.82, 2.24) is 9.36 Å². The van der Waals surface area contributed by atoms with Gasteiger partial charge in [0.05, 0.1) is 5.56 Å². The Morgan fingerprint density at radius 3 is 2.80 bits per heavy atom. The van der Waals surface area contributed by atoms with Crippen molar-refractivity contribution in [2.75, 3.05) is 29.6 Å². The summed E-state index contributed by atoms with van der Waals surface area (Å²) in [4.78, 5) is 4.04. The van der Waals surface area contributed by atoms with Gasteiger partial charge in [-0.15, -0.1) is 0 Å². The lowest BCUT2D eigenvalue weighted by atomic mass is 10.1. The zero-order valence-electron chi connectivity index (χ0n) is 11.6. The number of hydrogen-bond donors (Lipinski definition) is 2. The summed E-state index contributed by atoms with van der Waals surface area (Å²) in [5.41, 5.74) is 8.05. The Bertz CT molecular complexity index is 513. The zero-order chi connectivity index (χ0) is 14.2. The molecule has 0 aliphatic rings.